The van der Waals surface area contributed by atoms with Crippen molar-refractivity contribution in [1.29, 1.82) is 0 Å². The topological polar surface area (TPSA) is 33.1 Å². The molecular weight excluding hydrogens is 335 g/mol. The SMILES string of the molecule is Cc1ccc(C(O)c2ccc(Br)cc2C(F)(F)F)cn1. The first-order chi connectivity index (χ1) is 9.29. The van der Waals surface area contributed by atoms with Crippen LogP contribution >= 0.6 is 15.9 Å². The van der Waals surface area contributed by atoms with E-state index in [1.807, 2.05) is 0 Å². The normalized spacial score (nSPS) is 13.3. The van der Waals surface area contributed by atoms with Crippen molar-refractivity contribution in [2.75, 3.05) is 0 Å². The Labute approximate surface area is 122 Å². The van der Waals surface area contributed by atoms with Gasteiger partial charge in [-0.25, -0.2) is 0 Å². The molecule has 2 nitrogen and oxygen atoms in total. The number of benzene rings is 1. The molecule has 1 atom stereocenters. The van der Waals surface area contributed by atoms with Gasteiger partial charge in [0.25, 0.3) is 0 Å². The molecule has 0 amide bonds. The molecule has 1 N–H and O–H groups in total. The number of aliphatic hydroxyl groups excluding tert-OH is 1. The van der Waals surface area contributed by atoms with Crippen LogP contribution < -0.4 is 0 Å². The monoisotopic (exact) mass is 345 g/mol. The first-order valence-corrected chi connectivity index (χ1v) is 6.55. The lowest BCUT2D eigenvalue weighted by molar-refractivity contribution is -0.139. The second-order valence-electron chi connectivity index (χ2n) is 4.36. The molecule has 0 bridgehead atoms. The van der Waals surface area contributed by atoms with Crippen molar-refractivity contribution >= 4 is 15.9 Å². The molecule has 1 unspecified atom stereocenters. The maximum atomic E-state index is 13.0. The molecule has 2 aromatic rings. The molecule has 0 saturated heterocycles. The van der Waals surface area contributed by atoms with E-state index in [0.29, 0.717) is 10.0 Å². The van der Waals surface area contributed by atoms with Crippen LogP contribution in [0.15, 0.2) is 41.0 Å². The number of rotatable bonds is 2. The Hall–Kier alpha value is -1.40. The molecule has 6 heteroatoms. The molecule has 0 radical (unpaired) electrons. The Morgan fingerprint density at radius 2 is 1.90 bits per heavy atom. The van der Waals surface area contributed by atoms with Gasteiger partial charge in [-0.3, -0.25) is 4.98 Å². The number of pyridine rings is 1. The Kier molecular flexibility index (Phi) is 4.15. The predicted molar refractivity (Wildman–Crippen MR) is 72.2 cm³/mol. The van der Waals surface area contributed by atoms with E-state index in [1.54, 1.807) is 19.1 Å². The van der Waals surface area contributed by atoms with E-state index in [4.69, 9.17) is 0 Å². The number of aromatic nitrogens is 1. The third-order valence-electron chi connectivity index (χ3n) is 2.87. The maximum Gasteiger partial charge on any atom is 0.416 e. The van der Waals surface area contributed by atoms with Gasteiger partial charge in [0.15, 0.2) is 0 Å². The van der Waals surface area contributed by atoms with Crippen LogP contribution in [0.25, 0.3) is 0 Å². The van der Waals surface area contributed by atoms with Gasteiger partial charge >= 0.3 is 6.18 Å². The number of nitrogens with zero attached hydrogens (tertiary/aromatic N) is 1. The number of alkyl halides is 3. The van der Waals surface area contributed by atoms with Gasteiger partial charge in [-0.05, 0) is 30.7 Å². The minimum absolute atomic E-state index is 0.189. The molecular formula is C14H11BrF3NO. The molecule has 0 aliphatic heterocycles. The van der Waals surface area contributed by atoms with Crippen LogP contribution in [0.5, 0.6) is 0 Å². The van der Waals surface area contributed by atoms with Crippen molar-refractivity contribution in [2.24, 2.45) is 0 Å². The van der Waals surface area contributed by atoms with Gasteiger partial charge in [0.05, 0.1) is 5.56 Å². The van der Waals surface area contributed by atoms with Crippen LogP contribution in [0, 0.1) is 6.92 Å². The van der Waals surface area contributed by atoms with Gasteiger partial charge in [-0.1, -0.05) is 28.1 Å². The van der Waals surface area contributed by atoms with Crippen LogP contribution in [-0.4, -0.2) is 10.1 Å². The Balaban J connectivity index is 2.49. The van der Waals surface area contributed by atoms with Gasteiger partial charge in [-0.15, -0.1) is 0 Å². The van der Waals surface area contributed by atoms with Crippen LogP contribution in [0.4, 0.5) is 13.2 Å². The minimum Gasteiger partial charge on any atom is -0.384 e. The highest BCUT2D eigenvalue weighted by molar-refractivity contribution is 9.10. The summed E-state index contributed by atoms with van der Waals surface area (Å²) in [5.74, 6) is 0. The molecule has 1 aromatic carbocycles. The van der Waals surface area contributed by atoms with E-state index in [-0.39, 0.29) is 5.56 Å². The summed E-state index contributed by atoms with van der Waals surface area (Å²) in [5, 5.41) is 10.2. The second-order valence-corrected chi connectivity index (χ2v) is 5.28. The van der Waals surface area contributed by atoms with Crippen molar-refractivity contribution in [2.45, 2.75) is 19.2 Å². The quantitative estimate of drug-likeness (QED) is 0.882. The third kappa shape index (κ3) is 3.19. The minimum atomic E-state index is -4.53. The first-order valence-electron chi connectivity index (χ1n) is 5.76. The van der Waals surface area contributed by atoms with Crippen molar-refractivity contribution in [3.05, 3.63) is 63.4 Å². The lowest BCUT2D eigenvalue weighted by Crippen LogP contribution is -2.13. The Morgan fingerprint density at radius 3 is 2.45 bits per heavy atom. The lowest BCUT2D eigenvalue weighted by atomic mass is 9.97. The van der Waals surface area contributed by atoms with Gasteiger partial charge in [0.1, 0.15) is 6.10 Å². The van der Waals surface area contributed by atoms with Gasteiger partial charge < -0.3 is 5.11 Å². The zero-order valence-electron chi connectivity index (χ0n) is 10.4. The first kappa shape index (κ1) is 15.0. The number of hydrogen-bond donors (Lipinski definition) is 1. The molecule has 0 aliphatic carbocycles. The molecule has 0 saturated carbocycles. The summed E-state index contributed by atoms with van der Waals surface area (Å²) in [6.07, 6.45) is -4.52. The molecule has 0 fully saturated rings. The summed E-state index contributed by atoms with van der Waals surface area (Å²) in [5.41, 5.74) is 0.00234. The Morgan fingerprint density at radius 1 is 1.20 bits per heavy atom. The highest BCUT2D eigenvalue weighted by Crippen LogP contribution is 2.37. The molecule has 1 aromatic heterocycles. The summed E-state index contributed by atoms with van der Waals surface area (Å²) in [4.78, 5) is 3.98. The fourth-order valence-corrected chi connectivity index (χ4v) is 2.19. The largest absolute Gasteiger partial charge is 0.416 e. The van der Waals surface area contributed by atoms with Gasteiger partial charge in [0, 0.05) is 21.9 Å². The summed E-state index contributed by atoms with van der Waals surface area (Å²) >= 11 is 3.01. The van der Waals surface area contributed by atoms with E-state index in [0.717, 1.165) is 11.8 Å². The summed E-state index contributed by atoms with van der Waals surface area (Å²) in [7, 11) is 0. The lowest BCUT2D eigenvalue weighted by Gasteiger charge is -2.18. The van der Waals surface area contributed by atoms with Gasteiger partial charge in [-0.2, -0.15) is 13.2 Å². The van der Waals surface area contributed by atoms with Gasteiger partial charge in [0.2, 0.25) is 0 Å². The average molecular weight is 346 g/mol. The summed E-state index contributed by atoms with van der Waals surface area (Å²) in [6, 6.07) is 6.90. The standard InChI is InChI=1S/C14H11BrF3NO/c1-8-2-3-9(7-19-8)13(20)11-5-4-10(15)6-12(11)14(16,17)18/h2-7,13,20H,1H3. The molecule has 2 rings (SSSR count). The zero-order chi connectivity index (χ0) is 14.9. The highest BCUT2D eigenvalue weighted by Gasteiger charge is 2.35. The van der Waals surface area contributed by atoms with E-state index in [1.165, 1.54) is 18.3 Å². The zero-order valence-corrected chi connectivity index (χ0v) is 12.0. The predicted octanol–water partition coefficient (Wildman–Crippen LogP) is 4.25. The Bertz CT molecular complexity index is 611. The number of aryl methyl sites for hydroxylation is 1. The summed E-state index contributed by atoms with van der Waals surface area (Å²) < 4.78 is 39.4. The fourth-order valence-electron chi connectivity index (χ4n) is 1.83. The molecule has 20 heavy (non-hydrogen) atoms. The van der Waals surface area contributed by atoms with E-state index in [2.05, 4.69) is 20.9 Å². The highest BCUT2D eigenvalue weighted by atomic mass is 79.9. The van der Waals surface area contributed by atoms with Crippen molar-refractivity contribution < 1.29 is 18.3 Å². The van der Waals surface area contributed by atoms with Crippen LogP contribution in [-0.2, 0) is 6.18 Å². The molecule has 0 aliphatic rings. The van der Waals surface area contributed by atoms with Crippen molar-refractivity contribution in [1.82, 2.24) is 4.98 Å². The third-order valence-corrected chi connectivity index (χ3v) is 3.36. The maximum absolute atomic E-state index is 13.0. The van der Waals surface area contributed by atoms with E-state index in [9.17, 15) is 18.3 Å². The number of aliphatic hydroxyl groups is 1. The summed E-state index contributed by atoms with van der Waals surface area (Å²) in [6.45, 7) is 1.76. The smallest absolute Gasteiger partial charge is 0.384 e. The number of hydrogen-bond acceptors (Lipinski definition) is 2. The second kappa shape index (κ2) is 5.54. The van der Waals surface area contributed by atoms with E-state index < -0.39 is 17.8 Å². The molecule has 0 spiro atoms. The number of halogens is 4. The van der Waals surface area contributed by atoms with E-state index >= 15 is 0 Å². The van der Waals surface area contributed by atoms with Crippen LogP contribution in [0.1, 0.15) is 28.5 Å². The average Bonchev–Trinajstić information content (AvgIpc) is 2.38. The van der Waals surface area contributed by atoms with Crippen molar-refractivity contribution in [3.8, 4) is 0 Å². The van der Waals surface area contributed by atoms with Crippen molar-refractivity contribution in [3.63, 3.8) is 0 Å². The fraction of sp³-hybridized carbons (Fsp3) is 0.214. The molecule has 1 heterocycles. The molecule has 106 valence electrons. The van der Waals surface area contributed by atoms with Crippen LogP contribution in [0.3, 0.4) is 0 Å². The van der Waals surface area contributed by atoms with Crippen LogP contribution in [0.2, 0.25) is 0 Å².